The first kappa shape index (κ1) is 13.0. The van der Waals surface area contributed by atoms with Crippen LogP contribution in [0.4, 0.5) is 0 Å². The summed E-state index contributed by atoms with van der Waals surface area (Å²) in [6.45, 7) is 0.841. The summed E-state index contributed by atoms with van der Waals surface area (Å²) in [6, 6.07) is 0. The number of carbonyl (C=O) groups is 1. The van der Waals surface area contributed by atoms with Crippen LogP contribution in [0.3, 0.4) is 0 Å². The molecule has 0 aromatic carbocycles. The molecule has 0 atom stereocenters. The Bertz CT molecular complexity index is 441. The SMILES string of the molecule is O=C(CSCc1noc(C2CC2)n1)NCC1CCC1. The van der Waals surface area contributed by atoms with Crippen molar-refractivity contribution in [3.8, 4) is 0 Å². The molecule has 0 spiro atoms. The topological polar surface area (TPSA) is 68.0 Å². The van der Waals surface area contributed by atoms with Gasteiger partial charge in [0.1, 0.15) is 0 Å². The van der Waals surface area contributed by atoms with Gasteiger partial charge in [0.25, 0.3) is 0 Å². The van der Waals surface area contributed by atoms with Crippen molar-refractivity contribution in [2.75, 3.05) is 12.3 Å². The van der Waals surface area contributed by atoms with Crippen LogP contribution in [0, 0.1) is 5.92 Å². The smallest absolute Gasteiger partial charge is 0.230 e. The second kappa shape index (κ2) is 5.94. The van der Waals surface area contributed by atoms with Gasteiger partial charge >= 0.3 is 0 Å². The lowest BCUT2D eigenvalue weighted by Gasteiger charge is -2.25. The third-order valence-corrected chi connectivity index (χ3v) is 4.62. The van der Waals surface area contributed by atoms with E-state index >= 15 is 0 Å². The predicted molar refractivity (Wildman–Crippen MR) is 72.8 cm³/mol. The van der Waals surface area contributed by atoms with Crippen LogP contribution in [0.2, 0.25) is 0 Å². The maximum atomic E-state index is 11.6. The van der Waals surface area contributed by atoms with Crippen LogP contribution in [0.25, 0.3) is 0 Å². The van der Waals surface area contributed by atoms with Crippen molar-refractivity contribution in [3.05, 3.63) is 11.7 Å². The van der Waals surface area contributed by atoms with Crippen molar-refractivity contribution in [2.24, 2.45) is 5.92 Å². The lowest BCUT2D eigenvalue weighted by Crippen LogP contribution is -2.33. The van der Waals surface area contributed by atoms with Crippen LogP contribution < -0.4 is 5.32 Å². The number of hydrogen-bond donors (Lipinski definition) is 1. The summed E-state index contributed by atoms with van der Waals surface area (Å²) in [4.78, 5) is 15.9. The zero-order chi connectivity index (χ0) is 13.1. The first-order valence-corrected chi connectivity index (χ1v) is 8.13. The van der Waals surface area contributed by atoms with E-state index in [0.717, 1.165) is 12.4 Å². The maximum Gasteiger partial charge on any atom is 0.230 e. The molecule has 1 aromatic heterocycles. The van der Waals surface area contributed by atoms with E-state index in [0.29, 0.717) is 29.2 Å². The van der Waals surface area contributed by atoms with Crippen LogP contribution in [0.1, 0.15) is 49.7 Å². The minimum atomic E-state index is 0.114. The zero-order valence-electron chi connectivity index (χ0n) is 10.9. The number of aromatic nitrogens is 2. The fourth-order valence-corrected chi connectivity index (χ4v) is 2.75. The maximum absolute atomic E-state index is 11.6. The van der Waals surface area contributed by atoms with E-state index in [2.05, 4.69) is 15.5 Å². The van der Waals surface area contributed by atoms with Crippen LogP contribution in [0.5, 0.6) is 0 Å². The number of thioether (sulfide) groups is 1. The van der Waals surface area contributed by atoms with Gasteiger partial charge in [-0.15, -0.1) is 11.8 Å². The molecular formula is C13H19N3O2S. The first-order valence-electron chi connectivity index (χ1n) is 6.98. The molecule has 2 aliphatic rings. The molecule has 0 bridgehead atoms. The lowest BCUT2D eigenvalue weighted by molar-refractivity contribution is -0.118. The Kier molecular flexibility index (Phi) is 4.06. The molecular weight excluding hydrogens is 262 g/mol. The molecule has 0 aliphatic heterocycles. The van der Waals surface area contributed by atoms with Gasteiger partial charge in [-0.2, -0.15) is 4.98 Å². The van der Waals surface area contributed by atoms with Gasteiger partial charge in [-0.3, -0.25) is 4.79 Å². The molecule has 2 fully saturated rings. The summed E-state index contributed by atoms with van der Waals surface area (Å²) < 4.78 is 5.17. The minimum absolute atomic E-state index is 0.114. The molecule has 3 rings (SSSR count). The zero-order valence-corrected chi connectivity index (χ0v) is 11.7. The van der Waals surface area contributed by atoms with E-state index in [9.17, 15) is 4.79 Å². The fraction of sp³-hybridized carbons (Fsp3) is 0.769. The Morgan fingerprint density at radius 2 is 2.21 bits per heavy atom. The first-order chi connectivity index (χ1) is 9.31. The van der Waals surface area contributed by atoms with Gasteiger partial charge in [-0.1, -0.05) is 11.6 Å². The Morgan fingerprint density at radius 3 is 2.89 bits per heavy atom. The lowest BCUT2D eigenvalue weighted by atomic mass is 9.85. The molecule has 1 amide bonds. The molecule has 19 heavy (non-hydrogen) atoms. The average Bonchev–Trinajstić information content (AvgIpc) is 3.08. The Labute approximate surface area is 116 Å². The standard InChI is InChI=1S/C13H19N3O2S/c17-12(14-6-9-2-1-3-9)8-19-7-11-15-13(18-16-11)10-4-5-10/h9-10H,1-8H2,(H,14,17). The highest BCUT2D eigenvalue weighted by Crippen LogP contribution is 2.38. The highest BCUT2D eigenvalue weighted by Gasteiger charge is 2.29. The summed E-state index contributed by atoms with van der Waals surface area (Å²) >= 11 is 1.54. The highest BCUT2D eigenvalue weighted by molar-refractivity contribution is 7.99. The fourth-order valence-electron chi connectivity index (χ4n) is 2.06. The van der Waals surface area contributed by atoms with E-state index in [1.165, 1.54) is 32.1 Å². The minimum Gasteiger partial charge on any atom is -0.355 e. The average molecular weight is 281 g/mol. The van der Waals surface area contributed by atoms with Gasteiger partial charge in [0.15, 0.2) is 5.82 Å². The molecule has 1 N–H and O–H groups in total. The van der Waals surface area contributed by atoms with Crippen molar-refractivity contribution >= 4 is 17.7 Å². The Balaban J connectivity index is 1.31. The molecule has 2 saturated carbocycles. The van der Waals surface area contributed by atoms with Crippen LogP contribution in [-0.2, 0) is 10.5 Å². The second-order valence-electron chi connectivity index (χ2n) is 5.42. The summed E-state index contributed by atoms with van der Waals surface area (Å²) in [5, 5.41) is 6.91. The third kappa shape index (κ3) is 3.72. The van der Waals surface area contributed by atoms with Crippen molar-refractivity contribution < 1.29 is 9.32 Å². The molecule has 1 aromatic rings. The van der Waals surface area contributed by atoms with Crippen LogP contribution in [-0.4, -0.2) is 28.3 Å². The Hall–Kier alpha value is -1.04. The molecule has 0 radical (unpaired) electrons. The van der Waals surface area contributed by atoms with Crippen LogP contribution in [0.15, 0.2) is 4.52 Å². The quantitative estimate of drug-likeness (QED) is 0.829. The number of carbonyl (C=O) groups excluding carboxylic acids is 1. The van der Waals surface area contributed by atoms with Crippen molar-refractivity contribution in [3.63, 3.8) is 0 Å². The summed E-state index contributed by atoms with van der Waals surface area (Å²) in [5.41, 5.74) is 0. The molecule has 0 unspecified atom stereocenters. The molecule has 5 nitrogen and oxygen atoms in total. The number of amides is 1. The van der Waals surface area contributed by atoms with Gasteiger partial charge in [0.05, 0.1) is 11.5 Å². The molecule has 104 valence electrons. The van der Waals surface area contributed by atoms with Crippen molar-refractivity contribution in [1.82, 2.24) is 15.5 Å². The summed E-state index contributed by atoms with van der Waals surface area (Å²) in [6.07, 6.45) is 6.17. The van der Waals surface area contributed by atoms with Crippen molar-refractivity contribution in [2.45, 2.75) is 43.8 Å². The van der Waals surface area contributed by atoms with Gasteiger partial charge in [0.2, 0.25) is 11.8 Å². The van der Waals surface area contributed by atoms with Gasteiger partial charge in [-0.05, 0) is 31.6 Å². The number of nitrogens with zero attached hydrogens (tertiary/aromatic N) is 2. The monoisotopic (exact) mass is 281 g/mol. The third-order valence-electron chi connectivity index (χ3n) is 3.69. The number of hydrogen-bond acceptors (Lipinski definition) is 5. The number of nitrogens with one attached hydrogen (secondary N) is 1. The van der Waals surface area contributed by atoms with E-state index in [4.69, 9.17) is 4.52 Å². The highest BCUT2D eigenvalue weighted by atomic mass is 32.2. The van der Waals surface area contributed by atoms with Gasteiger partial charge < -0.3 is 9.84 Å². The van der Waals surface area contributed by atoms with E-state index in [1.807, 2.05) is 0 Å². The Morgan fingerprint density at radius 1 is 1.37 bits per heavy atom. The van der Waals surface area contributed by atoms with Gasteiger partial charge in [-0.25, -0.2) is 0 Å². The number of rotatable bonds is 7. The summed E-state index contributed by atoms with van der Waals surface area (Å²) in [5.74, 6) is 3.92. The van der Waals surface area contributed by atoms with E-state index in [-0.39, 0.29) is 5.91 Å². The summed E-state index contributed by atoms with van der Waals surface area (Å²) in [7, 11) is 0. The molecule has 6 heteroatoms. The molecule has 2 aliphatic carbocycles. The van der Waals surface area contributed by atoms with Crippen LogP contribution >= 0.6 is 11.8 Å². The predicted octanol–water partition coefficient (Wildman–Crippen LogP) is 2.10. The van der Waals surface area contributed by atoms with E-state index in [1.54, 1.807) is 11.8 Å². The van der Waals surface area contributed by atoms with Gasteiger partial charge in [0, 0.05) is 12.5 Å². The molecule has 0 saturated heterocycles. The normalized spacial score (nSPS) is 19.2. The molecule has 1 heterocycles. The largest absolute Gasteiger partial charge is 0.355 e. The second-order valence-corrected chi connectivity index (χ2v) is 6.40. The van der Waals surface area contributed by atoms with Crippen molar-refractivity contribution in [1.29, 1.82) is 0 Å². The van der Waals surface area contributed by atoms with E-state index < -0.39 is 0 Å².